The summed E-state index contributed by atoms with van der Waals surface area (Å²) >= 11 is 0. The number of hydrogen-bond acceptors (Lipinski definition) is 6. The second kappa shape index (κ2) is 9.50. The Morgan fingerprint density at radius 1 is 1.15 bits per heavy atom. The second-order valence-corrected chi connectivity index (χ2v) is 8.73. The fourth-order valence-corrected chi connectivity index (χ4v) is 3.85. The number of nitrogens with one attached hydrogen (secondary N) is 1. The highest BCUT2D eigenvalue weighted by atomic mass is 16.3. The number of aromatic nitrogens is 4. The van der Waals surface area contributed by atoms with Crippen molar-refractivity contribution in [3.63, 3.8) is 0 Å². The van der Waals surface area contributed by atoms with E-state index in [1.54, 1.807) is 24.2 Å². The summed E-state index contributed by atoms with van der Waals surface area (Å²) < 4.78 is 1.89. The molecule has 1 aliphatic rings. The van der Waals surface area contributed by atoms with E-state index in [0.29, 0.717) is 37.2 Å². The molecule has 0 atom stereocenters. The molecule has 0 radical (unpaired) electrons. The van der Waals surface area contributed by atoms with Crippen molar-refractivity contribution in [1.82, 2.24) is 24.6 Å². The van der Waals surface area contributed by atoms with Crippen LogP contribution >= 0.6 is 0 Å². The largest absolute Gasteiger partial charge is 0.390 e. The lowest BCUT2D eigenvalue weighted by Gasteiger charge is -2.35. The lowest BCUT2D eigenvalue weighted by molar-refractivity contribution is -0.00203. The van der Waals surface area contributed by atoms with Crippen LogP contribution in [0.25, 0.3) is 0 Å². The normalized spacial score (nSPS) is 15.3. The predicted octanol–water partition coefficient (Wildman–Crippen LogP) is 2.23. The predicted molar refractivity (Wildman–Crippen MR) is 123 cm³/mol. The summed E-state index contributed by atoms with van der Waals surface area (Å²) in [4.78, 5) is 31.5. The van der Waals surface area contributed by atoms with E-state index in [-0.39, 0.29) is 17.5 Å². The molecule has 3 heterocycles. The maximum absolute atomic E-state index is 12.9. The number of pyridine rings is 1. The fraction of sp³-hybridized carbons (Fsp3) is 0.375. The zero-order valence-electron chi connectivity index (χ0n) is 18.9. The Hall–Kier alpha value is -3.59. The summed E-state index contributed by atoms with van der Waals surface area (Å²) in [7, 11) is 1.91. The Kier molecular flexibility index (Phi) is 6.50. The zero-order valence-corrected chi connectivity index (χ0v) is 18.9. The standard InChI is InChI=1S/C24H28N6O3/c1-24(33)9-12-30(13-10-24)23(32)18-8-11-25-20(15-18)22(31)27-19-5-3-4-17(14-19)6-7-21-28-26-16-29(21)2/h3-5,8,11,14-16,33H,6-7,9-10,12-13H2,1-2H3,(H,27,31). The van der Waals surface area contributed by atoms with E-state index in [4.69, 9.17) is 0 Å². The van der Waals surface area contributed by atoms with Crippen LogP contribution in [0.2, 0.25) is 0 Å². The smallest absolute Gasteiger partial charge is 0.274 e. The average Bonchev–Trinajstić information content (AvgIpc) is 3.22. The van der Waals surface area contributed by atoms with Crippen LogP contribution in [-0.2, 0) is 19.9 Å². The van der Waals surface area contributed by atoms with Gasteiger partial charge in [-0.3, -0.25) is 14.6 Å². The Morgan fingerprint density at radius 2 is 1.94 bits per heavy atom. The molecule has 0 saturated carbocycles. The van der Waals surface area contributed by atoms with Crippen LogP contribution in [0.3, 0.4) is 0 Å². The van der Waals surface area contributed by atoms with E-state index in [9.17, 15) is 14.7 Å². The number of amides is 2. The third kappa shape index (κ3) is 5.61. The molecule has 1 aliphatic heterocycles. The van der Waals surface area contributed by atoms with Gasteiger partial charge in [0.25, 0.3) is 11.8 Å². The van der Waals surface area contributed by atoms with Gasteiger partial charge in [-0.1, -0.05) is 12.1 Å². The van der Waals surface area contributed by atoms with E-state index < -0.39 is 5.60 Å². The molecule has 0 aliphatic carbocycles. The Labute approximate surface area is 192 Å². The molecular formula is C24H28N6O3. The summed E-state index contributed by atoms with van der Waals surface area (Å²) in [6.45, 7) is 2.75. The van der Waals surface area contributed by atoms with Crippen molar-refractivity contribution in [3.05, 3.63) is 71.6 Å². The van der Waals surface area contributed by atoms with Gasteiger partial charge in [0.1, 0.15) is 17.8 Å². The minimum atomic E-state index is -0.733. The van der Waals surface area contributed by atoms with Crippen molar-refractivity contribution in [1.29, 1.82) is 0 Å². The van der Waals surface area contributed by atoms with Gasteiger partial charge >= 0.3 is 0 Å². The molecule has 3 aromatic rings. The highest BCUT2D eigenvalue weighted by molar-refractivity contribution is 6.04. The number of likely N-dealkylation sites (tertiary alicyclic amines) is 1. The Balaban J connectivity index is 1.40. The van der Waals surface area contributed by atoms with Crippen molar-refractivity contribution in [2.24, 2.45) is 7.05 Å². The molecule has 172 valence electrons. The number of aryl methyl sites for hydroxylation is 3. The number of nitrogens with zero attached hydrogens (tertiary/aromatic N) is 5. The van der Waals surface area contributed by atoms with Gasteiger partial charge in [-0.25, -0.2) is 0 Å². The van der Waals surface area contributed by atoms with Crippen molar-refractivity contribution in [2.75, 3.05) is 18.4 Å². The monoisotopic (exact) mass is 448 g/mol. The van der Waals surface area contributed by atoms with Gasteiger partial charge in [-0.05, 0) is 56.0 Å². The van der Waals surface area contributed by atoms with E-state index in [2.05, 4.69) is 20.5 Å². The Morgan fingerprint density at radius 3 is 2.67 bits per heavy atom. The van der Waals surface area contributed by atoms with Crippen LogP contribution in [-0.4, -0.2) is 60.3 Å². The van der Waals surface area contributed by atoms with E-state index in [1.165, 1.54) is 12.3 Å². The van der Waals surface area contributed by atoms with Crippen molar-refractivity contribution in [3.8, 4) is 0 Å². The highest BCUT2D eigenvalue weighted by Crippen LogP contribution is 2.22. The fourth-order valence-electron chi connectivity index (χ4n) is 3.85. The van der Waals surface area contributed by atoms with Crippen molar-refractivity contribution in [2.45, 2.75) is 38.2 Å². The van der Waals surface area contributed by atoms with E-state index in [0.717, 1.165) is 24.2 Å². The minimum Gasteiger partial charge on any atom is -0.390 e. The molecule has 9 heteroatoms. The molecule has 2 aromatic heterocycles. The molecule has 2 amide bonds. The van der Waals surface area contributed by atoms with Gasteiger partial charge in [0.15, 0.2) is 0 Å². The van der Waals surface area contributed by atoms with Gasteiger partial charge in [-0.15, -0.1) is 10.2 Å². The number of carbonyl (C=O) groups is 2. The van der Waals surface area contributed by atoms with Crippen molar-refractivity contribution >= 4 is 17.5 Å². The summed E-state index contributed by atoms with van der Waals surface area (Å²) in [6.07, 6.45) is 5.72. The molecule has 0 bridgehead atoms. The number of aliphatic hydroxyl groups is 1. The van der Waals surface area contributed by atoms with Crippen LogP contribution in [0.4, 0.5) is 5.69 Å². The van der Waals surface area contributed by atoms with E-state index in [1.807, 2.05) is 35.9 Å². The zero-order chi connectivity index (χ0) is 23.4. The van der Waals surface area contributed by atoms with Gasteiger partial charge in [-0.2, -0.15) is 0 Å². The first kappa shape index (κ1) is 22.6. The topological polar surface area (TPSA) is 113 Å². The first-order chi connectivity index (χ1) is 15.8. The van der Waals surface area contributed by atoms with Gasteiger partial charge in [0.2, 0.25) is 0 Å². The number of anilines is 1. The number of benzene rings is 1. The molecular weight excluding hydrogens is 420 g/mol. The Bertz CT molecular complexity index is 1150. The maximum Gasteiger partial charge on any atom is 0.274 e. The molecule has 9 nitrogen and oxygen atoms in total. The van der Waals surface area contributed by atoms with Gasteiger partial charge < -0.3 is 19.9 Å². The van der Waals surface area contributed by atoms with E-state index >= 15 is 0 Å². The first-order valence-electron chi connectivity index (χ1n) is 11.0. The van der Waals surface area contributed by atoms with Crippen LogP contribution in [0.15, 0.2) is 48.9 Å². The summed E-state index contributed by atoms with van der Waals surface area (Å²) in [6, 6.07) is 10.8. The quantitative estimate of drug-likeness (QED) is 0.598. The highest BCUT2D eigenvalue weighted by Gasteiger charge is 2.30. The summed E-state index contributed by atoms with van der Waals surface area (Å²) in [5, 5.41) is 21.0. The van der Waals surface area contributed by atoms with Gasteiger partial charge in [0, 0.05) is 44.0 Å². The number of carbonyl (C=O) groups excluding carboxylic acids is 2. The second-order valence-electron chi connectivity index (χ2n) is 8.73. The molecule has 2 N–H and O–H groups in total. The molecule has 0 unspecified atom stereocenters. The maximum atomic E-state index is 12.9. The lowest BCUT2D eigenvalue weighted by atomic mass is 9.93. The lowest BCUT2D eigenvalue weighted by Crippen LogP contribution is -2.45. The van der Waals surface area contributed by atoms with Crippen LogP contribution in [0.1, 0.15) is 52.0 Å². The van der Waals surface area contributed by atoms with Crippen LogP contribution in [0.5, 0.6) is 0 Å². The SMILES string of the molecule is Cn1cnnc1CCc1cccc(NC(=O)c2cc(C(=O)N3CCC(C)(O)CC3)ccn2)c1. The van der Waals surface area contributed by atoms with Crippen molar-refractivity contribution < 1.29 is 14.7 Å². The third-order valence-electron chi connectivity index (χ3n) is 5.99. The number of hydrogen-bond donors (Lipinski definition) is 2. The molecule has 33 heavy (non-hydrogen) atoms. The molecule has 1 fully saturated rings. The summed E-state index contributed by atoms with van der Waals surface area (Å²) in [5.74, 6) is 0.358. The van der Waals surface area contributed by atoms with Gasteiger partial charge in [0.05, 0.1) is 5.60 Å². The molecule has 0 spiro atoms. The molecule has 1 saturated heterocycles. The summed E-state index contributed by atoms with van der Waals surface area (Å²) in [5.41, 5.74) is 1.58. The minimum absolute atomic E-state index is 0.160. The third-order valence-corrected chi connectivity index (χ3v) is 5.99. The van der Waals surface area contributed by atoms with Crippen LogP contribution < -0.4 is 5.32 Å². The molecule has 1 aromatic carbocycles. The average molecular weight is 449 g/mol. The van der Waals surface area contributed by atoms with Crippen LogP contribution in [0, 0.1) is 0 Å². The number of piperidine rings is 1. The number of rotatable bonds is 6. The molecule has 4 rings (SSSR count). The first-order valence-corrected chi connectivity index (χ1v) is 11.0.